The third-order valence-electron chi connectivity index (χ3n) is 10.1. The highest BCUT2D eigenvalue weighted by Crippen LogP contribution is 2.48. The number of halogens is 6. The van der Waals surface area contributed by atoms with Gasteiger partial charge in [0.15, 0.2) is 5.82 Å². The first-order valence-corrected chi connectivity index (χ1v) is 17.2. The fourth-order valence-electron chi connectivity index (χ4n) is 7.83. The SMILES string of the molecule is C=CC(=O)N1C[C@H](Oc2nc(OC[C@@]34CCCN3C[C@H](F)C4)nc3c(F)c(-c4ccc(F)c5sc(N)c(C#N)c45)c(C(F)(F)F)cc23)C[C@H]1COC. The van der Waals surface area contributed by atoms with Crippen molar-refractivity contribution in [3.63, 3.8) is 0 Å². The van der Waals surface area contributed by atoms with Gasteiger partial charge in [0.25, 0.3) is 0 Å². The molecule has 4 aromatic rings. The van der Waals surface area contributed by atoms with Crippen molar-refractivity contribution < 1.29 is 45.3 Å². The van der Waals surface area contributed by atoms with Gasteiger partial charge in [-0.15, -0.1) is 11.3 Å². The van der Waals surface area contributed by atoms with Gasteiger partial charge < -0.3 is 24.8 Å². The number of fused-ring (bicyclic) bond motifs is 3. The number of alkyl halides is 4. The van der Waals surface area contributed by atoms with E-state index in [1.807, 2.05) is 4.90 Å². The zero-order chi connectivity index (χ0) is 37.1. The Hall–Kier alpha value is -4.66. The van der Waals surface area contributed by atoms with Gasteiger partial charge in [0.1, 0.15) is 41.3 Å². The lowest BCUT2D eigenvalue weighted by Gasteiger charge is -2.30. The number of aromatic nitrogens is 2. The number of nitrogens with two attached hydrogens (primary N) is 1. The Bertz CT molecular complexity index is 2140. The zero-order valence-corrected chi connectivity index (χ0v) is 28.6. The number of likely N-dealkylation sites (tertiary alicyclic amines) is 1. The highest BCUT2D eigenvalue weighted by atomic mass is 32.1. The number of thiophene rings is 1. The number of nitrogen functional groups attached to an aromatic ring is 1. The molecule has 0 aliphatic carbocycles. The topological polar surface area (TPSA) is 127 Å². The van der Waals surface area contributed by atoms with E-state index in [2.05, 4.69) is 16.5 Å². The average molecular weight is 747 g/mol. The summed E-state index contributed by atoms with van der Waals surface area (Å²) in [6.07, 6.45) is -4.14. The molecule has 2 aromatic carbocycles. The van der Waals surface area contributed by atoms with Gasteiger partial charge in [-0.3, -0.25) is 9.69 Å². The number of rotatable bonds is 9. The fraction of sp³-hybridized carbons (Fsp3) is 0.429. The summed E-state index contributed by atoms with van der Waals surface area (Å²) < 4.78 is 109. The van der Waals surface area contributed by atoms with Crippen LogP contribution >= 0.6 is 11.3 Å². The van der Waals surface area contributed by atoms with Gasteiger partial charge in [-0.25, -0.2) is 13.2 Å². The molecular weight excluding hydrogens is 714 g/mol. The van der Waals surface area contributed by atoms with E-state index in [1.54, 1.807) is 6.07 Å². The number of carbonyl (C=O) groups is 1. The predicted molar refractivity (Wildman–Crippen MR) is 180 cm³/mol. The highest BCUT2D eigenvalue weighted by Gasteiger charge is 2.49. The molecule has 2 aromatic heterocycles. The standard InChI is InChI=1S/C35H32F6N6O4S/c1-3-25(48)47-14-19(9-18(47)15-49-2)51-32-21-10-23(35(39,40)41)27(20-5-6-24(37)30-26(20)22(12-42)31(43)52-30)28(38)29(21)44-33(45-32)50-16-34-7-4-8-46(34)13-17(36)11-34/h3,5-6,10,17-19H,1,4,7-9,11,13-16,43H2,2H3/t17-,18+,19-,34+/m1/s1. The second-order valence-electron chi connectivity index (χ2n) is 13.2. The number of hydrogen-bond donors (Lipinski definition) is 1. The lowest BCUT2D eigenvalue weighted by atomic mass is 9.92. The lowest BCUT2D eigenvalue weighted by Crippen LogP contribution is -2.43. The number of benzene rings is 2. The van der Waals surface area contributed by atoms with Crippen molar-refractivity contribution in [2.24, 2.45) is 0 Å². The van der Waals surface area contributed by atoms with Crippen LogP contribution < -0.4 is 15.2 Å². The molecule has 1 amide bonds. The van der Waals surface area contributed by atoms with Crippen molar-refractivity contribution in [1.29, 1.82) is 5.26 Å². The molecule has 0 saturated carbocycles. The minimum absolute atomic E-state index is 0.00665. The van der Waals surface area contributed by atoms with Crippen molar-refractivity contribution in [3.05, 3.63) is 53.6 Å². The second kappa shape index (κ2) is 13.4. The number of amides is 1. The van der Waals surface area contributed by atoms with E-state index in [4.69, 9.17) is 19.9 Å². The van der Waals surface area contributed by atoms with Crippen molar-refractivity contribution in [2.45, 2.75) is 55.7 Å². The zero-order valence-electron chi connectivity index (χ0n) is 27.7. The molecule has 2 N–H and O–H groups in total. The summed E-state index contributed by atoms with van der Waals surface area (Å²) in [4.78, 5) is 24.6. The summed E-state index contributed by atoms with van der Waals surface area (Å²) in [5, 5.41) is 8.94. The maximum absolute atomic E-state index is 17.0. The molecule has 7 rings (SSSR count). The second-order valence-corrected chi connectivity index (χ2v) is 14.3. The summed E-state index contributed by atoms with van der Waals surface area (Å²) in [6.45, 7) is 4.45. The largest absolute Gasteiger partial charge is 0.472 e. The Labute approximate surface area is 297 Å². The van der Waals surface area contributed by atoms with E-state index in [0.717, 1.165) is 24.6 Å². The molecule has 17 heteroatoms. The number of ether oxygens (including phenoxy) is 3. The van der Waals surface area contributed by atoms with E-state index >= 15 is 4.39 Å². The Balaban J connectivity index is 1.41. The number of methoxy groups -OCH3 is 1. The van der Waals surface area contributed by atoms with Gasteiger partial charge in [0.05, 0.1) is 45.9 Å². The number of carbonyl (C=O) groups excluding carboxylic acids is 1. The van der Waals surface area contributed by atoms with Gasteiger partial charge in [0, 0.05) is 37.4 Å². The first-order valence-electron chi connectivity index (χ1n) is 16.4. The Morgan fingerprint density at radius 1 is 1.27 bits per heavy atom. The van der Waals surface area contributed by atoms with Crippen molar-refractivity contribution >= 4 is 43.2 Å². The molecule has 3 fully saturated rings. The van der Waals surface area contributed by atoms with Gasteiger partial charge >= 0.3 is 12.2 Å². The van der Waals surface area contributed by atoms with Crippen LogP contribution in [0.2, 0.25) is 0 Å². The maximum Gasteiger partial charge on any atom is 0.417 e. The van der Waals surface area contributed by atoms with Crippen LogP contribution in [0.4, 0.5) is 31.3 Å². The smallest absolute Gasteiger partial charge is 0.417 e. The number of hydrogen-bond acceptors (Lipinski definition) is 10. The summed E-state index contributed by atoms with van der Waals surface area (Å²) in [6, 6.07) is 3.38. The predicted octanol–water partition coefficient (Wildman–Crippen LogP) is 6.40. The van der Waals surface area contributed by atoms with E-state index in [1.165, 1.54) is 12.0 Å². The summed E-state index contributed by atoms with van der Waals surface area (Å²) in [5.74, 6) is -3.17. The quantitative estimate of drug-likeness (QED) is 0.153. The molecule has 274 valence electrons. The highest BCUT2D eigenvalue weighted by molar-refractivity contribution is 7.23. The molecule has 0 bridgehead atoms. The molecule has 10 nitrogen and oxygen atoms in total. The van der Waals surface area contributed by atoms with Crippen LogP contribution in [-0.4, -0.2) is 89.5 Å². The average Bonchev–Trinajstić information content (AvgIpc) is 3.84. The maximum atomic E-state index is 17.0. The first kappa shape index (κ1) is 35.7. The molecule has 5 heterocycles. The van der Waals surface area contributed by atoms with Crippen LogP contribution in [0.15, 0.2) is 30.9 Å². The van der Waals surface area contributed by atoms with E-state index < -0.39 is 87.1 Å². The van der Waals surface area contributed by atoms with Crippen molar-refractivity contribution in [2.75, 3.05) is 45.7 Å². The molecular formula is C35H32F6N6O4S. The number of nitriles is 1. The minimum Gasteiger partial charge on any atom is -0.472 e. The normalized spacial score (nSPS) is 23.3. The third kappa shape index (κ3) is 6.05. The summed E-state index contributed by atoms with van der Waals surface area (Å²) >= 11 is 0.654. The monoisotopic (exact) mass is 746 g/mol. The van der Waals surface area contributed by atoms with Gasteiger partial charge in [-0.1, -0.05) is 12.6 Å². The Morgan fingerprint density at radius 2 is 2.06 bits per heavy atom. The molecule has 0 unspecified atom stereocenters. The van der Waals surface area contributed by atoms with Crippen LogP contribution in [0, 0.1) is 23.0 Å². The Morgan fingerprint density at radius 3 is 2.77 bits per heavy atom. The van der Waals surface area contributed by atoms with E-state index in [0.29, 0.717) is 30.4 Å². The third-order valence-corrected chi connectivity index (χ3v) is 11.1. The van der Waals surface area contributed by atoms with Crippen LogP contribution in [0.1, 0.15) is 36.8 Å². The molecule has 52 heavy (non-hydrogen) atoms. The van der Waals surface area contributed by atoms with Gasteiger partial charge in [0.2, 0.25) is 11.8 Å². The summed E-state index contributed by atoms with van der Waals surface area (Å²) in [7, 11) is 1.45. The molecule has 0 spiro atoms. The van der Waals surface area contributed by atoms with Crippen LogP contribution in [0.25, 0.3) is 32.1 Å². The van der Waals surface area contributed by atoms with E-state index in [-0.39, 0.29) is 59.8 Å². The van der Waals surface area contributed by atoms with E-state index in [9.17, 15) is 32.0 Å². The number of anilines is 1. The van der Waals surface area contributed by atoms with Crippen LogP contribution in [0.5, 0.6) is 11.9 Å². The molecule has 3 saturated heterocycles. The fourth-order valence-corrected chi connectivity index (χ4v) is 8.78. The molecule has 3 aliphatic rings. The molecule has 0 radical (unpaired) electrons. The van der Waals surface area contributed by atoms with Crippen LogP contribution in [-0.2, 0) is 15.7 Å². The van der Waals surface area contributed by atoms with Gasteiger partial charge in [-0.05, 0) is 43.2 Å². The lowest BCUT2D eigenvalue weighted by molar-refractivity contribution is -0.137. The van der Waals surface area contributed by atoms with Crippen molar-refractivity contribution in [3.8, 4) is 29.1 Å². The summed E-state index contributed by atoms with van der Waals surface area (Å²) in [5.41, 5.74) is 1.49. The van der Waals surface area contributed by atoms with Crippen molar-refractivity contribution in [1.82, 2.24) is 19.8 Å². The number of nitrogens with zero attached hydrogens (tertiary/aromatic N) is 5. The van der Waals surface area contributed by atoms with Gasteiger partial charge in [-0.2, -0.15) is 28.4 Å². The molecule has 3 aliphatic heterocycles. The minimum atomic E-state index is -5.17. The first-order chi connectivity index (χ1) is 24.8. The Kier molecular flexibility index (Phi) is 9.20. The van der Waals surface area contributed by atoms with Crippen LogP contribution in [0.3, 0.4) is 0 Å². The molecule has 4 atom stereocenters.